The summed E-state index contributed by atoms with van der Waals surface area (Å²) in [4.78, 5) is 20.9. The molecule has 0 radical (unpaired) electrons. The molecule has 1 aliphatic rings. The molecular weight excluding hydrogens is 540 g/mol. The van der Waals surface area contributed by atoms with Gasteiger partial charge in [-0.05, 0) is 48.9 Å². The van der Waals surface area contributed by atoms with Crippen molar-refractivity contribution in [3.05, 3.63) is 105 Å². The molecule has 0 aliphatic carbocycles. The average molecular weight is 568 g/mol. The summed E-state index contributed by atoms with van der Waals surface area (Å²) in [6, 6.07) is 23.9. The van der Waals surface area contributed by atoms with Gasteiger partial charge in [-0.15, -0.1) is 0 Å². The van der Waals surface area contributed by atoms with E-state index in [4.69, 9.17) is 4.98 Å². The number of halogens is 1. The number of benzene rings is 3. The number of sulfonamides is 1. The van der Waals surface area contributed by atoms with Crippen molar-refractivity contribution < 1.29 is 8.42 Å². The van der Waals surface area contributed by atoms with Crippen molar-refractivity contribution in [1.29, 1.82) is 0 Å². The lowest BCUT2D eigenvalue weighted by atomic mass is 10.1. The Kier molecular flexibility index (Phi) is 7.07. The fraction of sp³-hybridized carbons (Fsp3) is 0.259. The third kappa shape index (κ3) is 4.88. The molecule has 0 amide bonds. The van der Waals surface area contributed by atoms with Gasteiger partial charge in [0.2, 0.25) is 10.0 Å². The fourth-order valence-corrected chi connectivity index (χ4v) is 6.36. The number of fused-ring (bicyclic) bond motifs is 1. The van der Waals surface area contributed by atoms with Crippen molar-refractivity contribution >= 4 is 36.9 Å². The van der Waals surface area contributed by atoms with Crippen LogP contribution in [0.3, 0.4) is 0 Å². The molecule has 0 N–H and O–H groups in total. The molecular formula is C27H27BrN4O3S. The van der Waals surface area contributed by atoms with E-state index in [-0.39, 0.29) is 11.6 Å². The number of hydrogen-bond acceptors (Lipinski definition) is 5. The van der Waals surface area contributed by atoms with E-state index in [1.807, 2.05) is 61.5 Å². The smallest absolute Gasteiger partial charge is 0.261 e. The lowest BCUT2D eigenvalue weighted by molar-refractivity contribution is 0.138. The van der Waals surface area contributed by atoms with Crippen LogP contribution in [0.2, 0.25) is 0 Å². The minimum Gasteiger partial charge on any atom is -0.291 e. The van der Waals surface area contributed by atoms with Crippen LogP contribution < -0.4 is 5.56 Å². The Hall–Kier alpha value is -2.85. The van der Waals surface area contributed by atoms with Crippen LogP contribution in [0.15, 0.2) is 93.0 Å². The van der Waals surface area contributed by atoms with Crippen LogP contribution in [0.1, 0.15) is 24.4 Å². The maximum absolute atomic E-state index is 13.5. The first-order valence-corrected chi connectivity index (χ1v) is 14.1. The van der Waals surface area contributed by atoms with Crippen molar-refractivity contribution in [2.45, 2.75) is 24.4 Å². The van der Waals surface area contributed by atoms with Gasteiger partial charge in [0.15, 0.2) is 0 Å². The SMILES string of the molecule is CC(c1nc2ccccc2c(=O)n1Cc1ccccc1)N1CCN(S(=O)(=O)c2ccc(Br)cc2)CC1. The molecule has 186 valence electrons. The van der Waals surface area contributed by atoms with Gasteiger partial charge in [-0.25, -0.2) is 13.4 Å². The molecule has 1 saturated heterocycles. The quantitative estimate of drug-likeness (QED) is 0.348. The second kappa shape index (κ2) is 10.3. The molecule has 1 fully saturated rings. The molecule has 7 nitrogen and oxygen atoms in total. The summed E-state index contributed by atoms with van der Waals surface area (Å²) in [6.45, 7) is 4.31. The van der Waals surface area contributed by atoms with E-state index in [9.17, 15) is 13.2 Å². The highest BCUT2D eigenvalue weighted by atomic mass is 79.9. The van der Waals surface area contributed by atoms with E-state index in [2.05, 4.69) is 20.8 Å². The van der Waals surface area contributed by atoms with Crippen molar-refractivity contribution in [3.63, 3.8) is 0 Å². The Morgan fingerprint density at radius 1 is 0.889 bits per heavy atom. The summed E-state index contributed by atoms with van der Waals surface area (Å²) in [7, 11) is -3.56. The normalized spacial score (nSPS) is 16.3. The standard InChI is InChI=1S/C27H27BrN4O3S/c1-20(30-15-17-31(18-16-30)36(34,35)23-13-11-22(28)12-14-23)26-29-25-10-6-5-9-24(25)27(33)32(26)19-21-7-3-2-4-8-21/h2-14,20H,15-19H2,1H3. The van der Waals surface area contributed by atoms with Gasteiger partial charge in [-0.3, -0.25) is 14.3 Å². The topological polar surface area (TPSA) is 75.5 Å². The molecule has 4 aromatic rings. The van der Waals surface area contributed by atoms with Gasteiger partial charge >= 0.3 is 0 Å². The maximum atomic E-state index is 13.5. The maximum Gasteiger partial charge on any atom is 0.261 e. The second-order valence-corrected chi connectivity index (χ2v) is 11.8. The third-order valence-corrected chi connectivity index (χ3v) is 9.16. The molecule has 1 aromatic heterocycles. The third-order valence-electron chi connectivity index (χ3n) is 6.72. The summed E-state index contributed by atoms with van der Waals surface area (Å²) in [5.74, 6) is 0.687. The molecule has 1 aliphatic heterocycles. The van der Waals surface area contributed by atoms with E-state index < -0.39 is 10.0 Å². The first-order chi connectivity index (χ1) is 17.3. The summed E-state index contributed by atoms with van der Waals surface area (Å²) < 4.78 is 30.4. The zero-order chi connectivity index (χ0) is 25.3. The summed E-state index contributed by atoms with van der Waals surface area (Å²) in [5, 5.41) is 0.592. The summed E-state index contributed by atoms with van der Waals surface area (Å²) in [5.41, 5.74) is 1.63. The summed E-state index contributed by atoms with van der Waals surface area (Å²) >= 11 is 3.36. The van der Waals surface area contributed by atoms with Gasteiger partial charge in [-0.2, -0.15) is 4.31 Å². The molecule has 0 bridgehead atoms. The molecule has 3 aromatic carbocycles. The van der Waals surface area contributed by atoms with E-state index >= 15 is 0 Å². The zero-order valence-electron chi connectivity index (χ0n) is 19.9. The summed E-state index contributed by atoms with van der Waals surface area (Å²) in [6.07, 6.45) is 0. The predicted octanol–water partition coefficient (Wildman–Crippen LogP) is 4.27. The average Bonchev–Trinajstić information content (AvgIpc) is 2.91. The first-order valence-electron chi connectivity index (χ1n) is 11.9. The molecule has 5 rings (SSSR count). The van der Waals surface area contributed by atoms with Crippen LogP contribution >= 0.6 is 15.9 Å². The number of rotatable bonds is 6. The number of nitrogens with zero attached hydrogens (tertiary/aromatic N) is 4. The molecule has 2 heterocycles. The number of aromatic nitrogens is 2. The molecule has 36 heavy (non-hydrogen) atoms. The highest BCUT2D eigenvalue weighted by Crippen LogP contribution is 2.25. The van der Waals surface area contributed by atoms with Crippen LogP contribution in [-0.4, -0.2) is 53.4 Å². The van der Waals surface area contributed by atoms with E-state index in [0.29, 0.717) is 54.3 Å². The van der Waals surface area contributed by atoms with E-state index in [0.717, 1.165) is 10.0 Å². The zero-order valence-corrected chi connectivity index (χ0v) is 22.3. The van der Waals surface area contributed by atoms with Gasteiger partial charge < -0.3 is 0 Å². The Balaban J connectivity index is 1.42. The Morgan fingerprint density at radius 2 is 1.53 bits per heavy atom. The van der Waals surface area contributed by atoms with Crippen molar-refractivity contribution in [1.82, 2.24) is 18.8 Å². The van der Waals surface area contributed by atoms with Crippen molar-refractivity contribution in [2.75, 3.05) is 26.2 Å². The highest BCUT2D eigenvalue weighted by molar-refractivity contribution is 9.10. The molecule has 9 heteroatoms. The Labute approximate surface area is 219 Å². The van der Waals surface area contributed by atoms with Gasteiger partial charge in [0.05, 0.1) is 28.4 Å². The van der Waals surface area contributed by atoms with Gasteiger partial charge in [0.25, 0.3) is 5.56 Å². The van der Waals surface area contributed by atoms with Crippen LogP contribution in [0.4, 0.5) is 0 Å². The van der Waals surface area contributed by atoms with Crippen LogP contribution in [0.5, 0.6) is 0 Å². The van der Waals surface area contributed by atoms with E-state index in [1.54, 1.807) is 28.8 Å². The fourth-order valence-electron chi connectivity index (χ4n) is 4.67. The predicted molar refractivity (Wildman–Crippen MR) is 144 cm³/mol. The minimum atomic E-state index is -3.56. The minimum absolute atomic E-state index is 0.0669. The second-order valence-electron chi connectivity index (χ2n) is 8.93. The lowest BCUT2D eigenvalue weighted by Gasteiger charge is -2.37. The van der Waals surface area contributed by atoms with Gasteiger partial charge in [0.1, 0.15) is 5.82 Å². The monoisotopic (exact) mass is 566 g/mol. The van der Waals surface area contributed by atoms with E-state index in [1.165, 1.54) is 4.31 Å². The Bertz CT molecular complexity index is 1530. The Morgan fingerprint density at radius 3 is 2.22 bits per heavy atom. The molecule has 0 saturated carbocycles. The lowest BCUT2D eigenvalue weighted by Crippen LogP contribution is -2.49. The number of para-hydroxylation sites is 1. The number of hydrogen-bond donors (Lipinski definition) is 0. The van der Waals surface area contributed by atoms with Crippen LogP contribution in [0.25, 0.3) is 10.9 Å². The van der Waals surface area contributed by atoms with Crippen LogP contribution in [-0.2, 0) is 16.6 Å². The number of piperazine rings is 1. The highest BCUT2D eigenvalue weighted by Gasteiger charge is 2.31. The van der Waals surface area contributed by atoms with Gasteiger partial charge in [0, 0.05) is 30.7 Å². The van der Waals surface area contributed by atoms with Crippen molar-refractivity contribution in [3.8, 4) is 0 Å². The van der Waals surface area contributed by atoms with Crippen LogP contribution in [0, 0.1) is 0 Å². The first kappa shape index (κ1) is 24.8. The molecule has 1 unspecified atom stereocenters. The van der Waals surface area contributed by atoms with Gasteiger partial charge in [-0.1, -0.05) is 58.4 Å². The molecule has 1 atom stereocenters. The van der Waals surface area contributed by atoms with Crippen molar-refractivity contribution in [2.24, 2.45) is 0 Å². The molecule has 0 spiro atoms. The largest absolute Gasteiger partial charge is 0.291 e.